The molecule has 0 aromatic heterocycles. The third-order valence-corrected chi connectivity index (χ3v) is 6.47. The standard InChI is InChI=1S/C27H34N4O4/c1-17(2)35-27(34)29-24-13-18(3)31(19(4)32)25-10-9-22(14-23(24)25)21-7-5-20(6-8-21)15-30-12-11-28-26(33)16-30/h5-10,14,17-18,24H,11-13,15-16H2,1-4H3,(H,28,33)(H,29,34)/t18-,24+/m1/s1. The van der Waals surface area contributed by atoms with E-state index in [2.05, 4.69) is 45.9 Å². The first-order chi connectivity index (χ1) is 16.7. The highest BCUT2D eigenvalue weighted by molar-refractivity contribution is 5.94. The van der Waals surface area contributed by atoms with Crippen LogP contribution in [-0.4, -0.2) is 54.6 Å². The van der Waals surface area contributed by atoms with Crippen LogP contribution in [0.2, 0.25) is 0 Å². The maximum absolute atomic E-state index is 12.4. The lowest BCUT2D eigenvalue weighted by molar-refractivity contribution is -0.124. The van der Waals surface area contributed by atoms with Gasteiger partial charge in [0.15, 0.2) is 0 Å². The highest BCUT2D eigenvalue weighted by Crippen LogP contribution is 2.39. The van der Waals surface area contributed by atoms with Gasteiger partial charge in [0.25, 0.3) is 0 Å². The topological polar surface area (TPSA) is 91.0 Å². The average Bonchev–Trinajstić information content (AvgIpc) is 2.78. The SMILES string of the molecule is CC(=O)N1c2ccc(-c3ccc(CN4CCNC(=O)C4)cc3)cc2[C@@H](NC(=O)OC(C)C)C[C@H]1C. The smallest absolute Gasteiger partial charge is 0.407 e. The second-order valence-corrected chi connectivity index (χ2v) is 9.66. The number of amides is 3. The molecule has 0 saturated carbocycles. The lowest BCUT2D eigenvalue weighted by atomic mass is 9.89. The number of nitrogens with one attached hydrogen (secondary N) is 2. The minimum atomic E-state index is -0.458. The van der Waals surface area contributed by atoms with Crippen LogP contribution < -0.4 is 15.5 Å². The zero-order chi connectivity index (χ0) is 25.1. The van der Waals surface area contributed by atoms with E-state index < -0.39 is 6.09 Å². The minimum Gasteiger partial charge on any atom is -0.447 e. The molecule has 2 aromatic rings. The highest BCUT2D eigenvalue weighted by atomic mass is 16.6. The highest BCUT2D eigenvalue weighted by Gasteiger charge is 2.33. The fourth-order valence-corrected chi connectivity index (χ4v) is 4.94. The Kier molecular flexibility index (Phi) is 7.40. The van der Waals surface area contributed by atoms with E-state index in [0.29, 0.717) is 19.5 Å². The molecule has 186 valence electrons. The first-order valence-corrected chi connectivity index (χ1v) is 12.2. The molecule has 3 amide bonds. The lowest BCUT2D eigenvalue weighted by Gasteiger charge is -2.39. The van der Waals surface area contributed by atoms with Gasteiger partial charge in [0.2, 0.25) is 11.8 Å². The molecular formula is C27H34N4O4. The molecule has 2 atom stereocenters. The summed E-state index contributed by atoms with van der Waals surface area (Å²) in [7, 11) is 0. The van der Waals surface area contributed by atoms with Crippen molar-refractivity contribution in [1.82, 2.24) is 15.5 Å². The van der Waals surface area contributed by atoms with Crippen molar-refractivity contribution in [3.05, 3.63) is 53.6 Å². The van der Waals surface area contributed by atoms with Gasteiger partial charge in [0.1, 0.15) is 0 Å². The summed E-state index contributed by atoms with van der Waals surface area (Å²) in [5.41, 5.74) is 4.92. The molecule has 4 rings (SSSR count). The summed E-state index contributed by atoms with van der Waals surface area (Å²) < 4.78 is 5.32. The number of carbonyl (C=O) groups is 3. The Bertz CT molecular complexity index is 1100. The molecule has 2 aromatic carbocycles. The molecule has 2 aliphatic rings. The van der Waals surface area contributed by atoms with Gasteiger partial charge < -0.3 is 20.3 Å². The van der Waals surface area contributed by atoms with E-state index in [0.717, 1.165) is 41.0 Å². The molecule has 2 N–H and O–H groups in total. The van der Waals surface area contributed by atoms with Crippen LogP contribution in [0.5, 0.6) is 0 Å². The molecule has 0 bridgehead atoms. The molecule has 0 unspecified atom stereocenters. The molecule has 2 aliphatic heterocycles. The Morgan fingerprint density at radius 3 is 2.51 bits per heavy atom. The number of carbonyl (C=O) groups excluding carboxylic acids is 3. The van der Waals surface area contributed by atoms with Crippen molar-refractivity contribution >= 4 is 23.6 Å². The second-order valence-electron chi connectivity index (χ2n) is 9.66. The largest absolute Gasteiger partial charge is 0.447 e. The van der Waals surface area contributed by atoms with Gasteiger partial charge in [0.05, 0.1) is 18.7 Å². The van der Waals surface area contributed by atoms with E-state index in [-0.39, 0.29) is 30.0 Å². The van der Waals surface area contributed by atoms with Crippen molar-refractivity contribution in [1.29, 1.82) is 0 Å². The number of alkyl carbamates (subject to hydrolysis) is 1. The predicted molar refractivity (Wildman–Crippen MR) is 135 cm³/mol. The van der Waals surface area contributed by atoms with Crippen molar-refractivity contribution in [2.24, 2.45) is 0 Å². The maximum atomic E-state index is 12.4. The summed E-state index contributed by atoms with van der Waals surface area (Å²) in [5.74, 6) is 0.0433. The number of hydrogen-bond donors (Lipinski definition) is 2. The Labute approximate surface area is 206 Å². The fraction of sp³-hybridized carbons (Fsp3) is 0.444. The molecule has 1 fully saturated rings. The Morgan fingerprint density at radius 2 is 1.86 bits per heavy atom. The third kappa shape index (κ3) is 5.82. The van der Waals surface area contributed by atoms with Crippen LogP contribution in [0.25, 0.3) is 11.1 Å². The van der Waals surface area contributed by atoms with Crippen LogP contribution in [0, 0.1) is 0 Å². The van der Waals surface area contributed by atoms with E-state index >= 15 is 0 Å². The van der Waals surface area contributed by atoms with E-state index in [1.807, 2.05) is 32.9 Å². The molecule has 8 heteroatoms. The van der Waals surface area contributed by atoms with Gasteiger partial charge in [-0.25, -0.2) is 4.79 Å². The predicted octanol–water partition coefficient (Wildman–Crippen LogP) is 3.61. The number of nitrogens with zero attached hydrogens (tertiary/aromatic N) is 2. The van der Waals surface area contributed by atoms with Gasteiger partial charge in [-0.1, -0.05) is 30.3 Å². The zero-order valence-corrected chi connectivity index (χ0v) is 20.8. The van der Waals surface area contributed by atoms with Gasteiger partial charge in [-0.2, -0.15) is 0 Å². The van der Waals surface area contributed by atoms with E-state index in [1.165, 1.54) is 0 Å². The molecule has 8 nitrogen and oxygen atoms in total. The number of benzene rings is 2. The summed E-state index contributed by atoms with van der Waals surface area (Å²) in [6, 6.07) is 14.0. The molecule has 2 heterocycles. The van der Waals surface area contributed by atoms with Crippen molar-refractivity contribution in [3.8, 4) is 11.1 Å². The molecule has 1 saturated heterocycles. The number of hydrogen-bond acceptors (Lipinski definition) is 5. The minimum absolute atomic E-state index is 0.0227. The number of fused-ring (bicyclic) bond motifs is 1. The van der Waals surface area contributed by atoms with Crippen LogP contribution in [-0.2, 0) is 20.9 Å². The van der Waals surface area contributed by atoms with E-state index in [1.54, 1.807) is 11.8 Å². The van der Waals surface area contributed by atoms with Crippen LogP contribution >= 0.6 is 0 Å². The first-order valence-electron chi connectivity index (χ1n) is 12.2. The lowest BCUT2D eigenvalue weighted by Crippen LogP contribution is -2.47. The molecule has 0 aliphatic carbocycles. The number of rotatable bonds is 5. The normalized spacial score (nSPS) is 20.3. The van der Waals surface area contributed by atoms with Crippen molar-refractivity contribution < 1.29 is 19.1 Å². The van der Waals surface area contributed by atoms with Crippen molar-refractivity contribution in [2.75, 3.05) is 24.5 Å². The first kappa shape index (κ1) is 24.7. The molecule has 0 spiro atoms. The monoisotopic (exact) mass is 478 g/mol. The van der Waals surface area contributed by atoms with Crippen LogP contribution in [0.15, 0.2) is 42.5 Å². The Hall–Kier alpha value is -3.39. The average molecular weight is 479 g/mol. The summed E-state index contributed by atoms with van der Waals surface area (Å²) in [4.78, 5) is 40.4. The van der Waals surface area contributed by atoms with Gasteiger partial charge >= 0.3 is 6.09 Å². The van der Waals surface area contributed by atoms with Crippen molar-refractivity contribution in [2.45, 2.75) is 58.8 Å². The molecule has 0 radical (unpaired) electrons. The summed E-state index contributed by atoms with van der Waals surface area (Å²) in [6.45, 7) is 9.87. The number of anilines is 1. The number of ether oxygens (including phenoxy) is 1. The van der Waals surface area contributed by atoms with Gasteiger partial charge in [-0.05, 0) is 61.6 Å². The molecular weight excluding hydrogens is 444 g/mol. The van der Waals surface area contributed by atoms with E-state index in [9.17, 15) is 14.4 Å². The Morgan fingerprint density at radius 1 is 1.14 bits per heavy atom. The zero-order valence-electron chi connectivity index (χ0n) is 20.8. The van der Waals surface area contributed by atoms with Gasteiger partial charge in [0, 0.05) is 38.3 Å². The van der Waals surface area contributed by atoms with Crippen molar-refractivity contribution in [3.63, 3.8) is 0 Å². The van der Waals surface area contributed by atoms with Crippen LogP contribution in [0.4, 0.5) is 10.5 Å². The molecule has 35 heavy (non-hydrogen) atoms. The summed E-state index contributed by atoms with van der Waals surface area (Å²) in [6.07, 6.45) is -0.0695. The summed E-state index contributed by atoms with van der Waals surface area (Å²) in [5, 5.41) is 5.85. The van der Waals surface area contributed by atoms with E-state index in [4.69, 9.17) is 4.74 Å². The quantitative estimate of drug-likeness (QED) is 0.685. The third-order valence-electron chi connectivity index (χ3n) is 6.47. The van der Waals surface area contributed by atoms with Gasteiger partial charge in [-0.15, -0.1) is 0 Å². The Balaban J connectivity index is 1.59. The van der Waals surface area contributed by atoms with Crippen LogP contribution in [0.1, 0.15) is 51.3 Å². The number of piperazine rings is 1. The maximum Gasteiger partial charge on any atom is 0.407 e. The van der Waals surface area contributed by atoms with Crippen LogP contribution in [0.3, 0.4) is 0 Å². The fourth-order valence-electron chi connectivity index (χ4n) is 4.94. The second kappa shape index (κ2) is 10.5. The summed E-state index contributed by atoms with van der Waals surface area (Å²) >= 11 is 0. The van der Waals surface area contributed by atoms with Gasteiger partial charge in [-0.3, -0.25) is 14.5 Å².